The summed E-state index contributed by atoms with van der Waals surface area (Å²) in [6.45, 7) is 11.9. The topological polar surface area (TPSA) is 64.0 Å². The fourth-order valence-electron chi connectivity index (χ4n) is 11.1. The van der Waals surface area contributed by atoms with Crippen LogP contribution in [0, 0.1) is 46.3 Å². The van der Waals surface area contributed by atoms with Crippen LogP contribution in [0.2, 0.25) is 0 Å². The quantitative estimate of drug-likeness (QED) is 0.409. The third-order valence-electron chi connectivity index (χ3n) is 13.6. The second-order valence-corrected chi connectivity index (χ2v) is 15.4. The van der Waals surface area contributed by atoms with Crippen LogP contribution in [0.3, 0.4) is 0 Å². The fourth-order valence-corrected chi connectivity index (χ4v) is 11.1. The summed E-state index contributed by atoms with van der Waals surface area (Å²) in [6, 6.07) is 8.94. The summed E-state index contributed by atoms with van der Waals surface area (Å²) >= 11 is 0. The van der Waals surface area contributed by atoms with Crippen molar-refractivity contribution in [3.8, 4) is 0 Å². The molecule has 1 heterocycles. The van der Waals surface area contributed by atoms with Gasteiger partial charge in [0, 0.05) is 38.3 Å². The fraction of sp³-hybridized carbons (Fsp3) is 0.800. The average Bonchev–Trinajstić information content (AvgIpc) is 3.30. The van der Waals surface area contributed by atoms with Gasteiger partial charge in [-0.3, -0.25) is 4.79 Å². The molecule has 2 N–H and O–H groups in total. The molecule has 40 heavy (non-hydrogen) atoms. The predicted molar refractivity (Wildman–Crippen MR) is 161 cm³/mol. The molecule has 1 saturated heterocycles. The van der Waals surface area contributed by atoms with Crippen molar-refractivity contribution < 1.29 is 15.0 Å². The van der Waals surface area contributed by atoms with Crippen LogP contribution in [0.4, 0.5) is 5.69 Å². The number of hydrogen-bond acceptors (Lipinski definition) is 4. The SMILES string of the molecule is C[C@H](CCC(=O)O)[C@H]1CC[C@H]2[C@@H]3CC[C@@H]4C[C@](O)(c5ccc(N6CCN(C)CC6)cc5)CC[C@]4(C)[C@H]3CC[C@]12C. The Morgan fingerprint density at radius 2 is 1.62 bits per heavy atom. The Bertz CT molecular complexity index is 1070. The molecule has 1 aromatic carbocycles. The number of benzene rings is 1. The number of likely N-dealkylation sites (N-methyl/N-ethyl adjacent to an activating group) is 1. The zero-order chi connectivity index (χ0) is 28.3. The van der Waals surface area contributed by atoms with Crippen molar-refractivity contribution in [1.29, 1.82) is 0 Å². The predicted octanol–water partition coefficient (Wildman–Crippen LogP) is 6.79. The van der Waals surface area contributed by atoms with Crippen LogP contribution in [0.1, 0.15) is 97.0 Å². The van der Waals surface area contributed by atoms with Gasteiger partial charge in [0.15, 0.2) is 0 Å². The molecule has 222 valence electrons. The summed E-state index contributed by atoms with van der Waals surface area (Å²) in [5.41, 5.74) is 2.43. The second kappa shape index (κ2) is 10.6. The molecule has 4 saturated carbocycles. The normalized spacial score (nSPS) is 42.5. The van der Waals surface area contributed by atoms with E-state index in [1.54, 1.807) is 0 Å². The van der Waals surface area contributed by atoms with Gasteiger partial charge in [0.05, 0.1) is 5.60 Å². The van der Waals surface area contributed by atoms with Gasteiger partial charge < -0.3 is 20.0 Å². The Labute approximate surface area is 242 Å². The molecule has 5 fully saturated rings. The number of anilines is 1. The van der Waals surface area contributed by atoms with Crippen molar-refractivity contribution >= 4 is 11.7 Å². The van der Waals surface area contributed by atoms with Gasteiger partial charge in [0.25, 0.3) is 0 Å². The van der Waals surface area contributed by atoms with E-state index in [-0.39, 0.29) is 0 Å². The molecule has 0 radical (unpaired) electrons. The number of aliphatic hydroxyl groups is 1. The standard InChI is InChI=1S/C35H54N2O3/c1-24(5-14-32(38)39)29-12-13-30-28-11-8-26-23-35(40,18-17-33(26,2)31(28)15-16-34(29,30)3)25-6-9-27(10-7-25)37-21-19-36(4)20-22-37/h6-7,9-10,24,26,28-31,40H,5,8,11-23H2,1-4H3,(H,38,39)/t24-,26-,28+,29-,30+,31+,33+,34-,35+/m1/s1. The van der Waals surface area contributed by atoms with E-state index in [1.807, 2.05) is 0 Å². The number of fused-ring (bicyclic) bond motifs is 5. The molecule has 9 atom stereocenters. The Balaban J connectivity index is 1.13. The number of rotatable bonds is 6. The maximum absolute atomic E-state index is 12.0. The molecule has 1 aromatic rings. The number of carboxylic acid groups (broad SMARTS) is 1. The van der Waals surface area contributed by atoms with Gasteiger partial charge in [-0.25, -0.2) is 0 Å². The molecular formula is C35H54N2O3. The third-order valence-corrected chi connectivity index (χ3v) is 13.6. The summed E-state index contributed by atoms with van der Waals surface area (Å²) in [6.07, 6.45) is 11.9. The van der Waals surface area contributed by atoms with Crippen molar-refractivity contribution in [3.63, 3.8) is 0 Å². The van der Waals surface area contributed by atoms with E-state index in [9.17, 15) is 15.0 Å². The minimum Gasteiger partial charge on any atom is -0.481 e. The second-order valence-electron chi connectivity index (χ2n) is 15.4. The Morgan fingerprint density at radius 1 is 0.925 bits per heavy atom. The molecule has 5 nitrogen and oxygen atoms in total. The van der Waals surface area contributed by atoms with Gasteiger partial charge in [-0.2, -0.15) is 0 Å². The van der Waals surface area contributed by atoms with Gasteiger partial charge in [0.1, 0.15) is 0 Å². The number of piperazine rings is 1. The highest BCUT2D eigenvalue weighted by atomic mass is 16.4. The van der Waals surface area contributed by atoms with Crippen LogP contribution in [-0.4, -0.2) is 54.3 Å². The molecule has 5 aliphatic rings. The van der Waals surface area contributed by atoms with E-state index < -0.39 is 11.6 Å². The van der Waals surface area contributed by atoms with Crippen LogP contribution in [-0.2, 0) is 10.4 Å². The van der Waals surface area contributed by atoms with Crippen LogP contribution >= 0.6 is 0 Å². The Morgan fingerprint density at radius 3 is 2.33 bits per heavy atom. The third kappa shape index (κ3) is 4.81. The lowest BCUT2D eigenvalue weighted by molar-refractivity contribution is -0.155. The minimum atomic E-state index is -0.696. The summed E-state index contributed by atoms with van der Waals surface area (Å²) in [4.78, 5) is 16.1. The number of aliphatic carboxylic acids is 1. The summed E-state index contributed by atoms with van der Waals surface area (Å²) in [5, 5.41) is 21.3. The maximum Gasteiger partial charge on any atom is 0.303 e. The lowest BCUT2D eigenvalue weighted by Gasteiger charge is -2.62. The van der Waals surface area contributed by atoms with E-state index in [0.29, 0.717) is 35.0 Å². The average molecular weight is 551 g/mol. The molecule has 4 aliphatic carbocycles. The molecular weight excluding hydrogens is 496 g/mol. The van der Waals surface area contributed by atoms with E-state index in [4.69, 9.17) is 0 Å². The molecule has 5 heteroatoms. The first-order valence-electron chi connectivity index (χ1n) is 16.5. The summed E-state index contributed by atoms with van der Waals surface area (Å²) in [7, 11) is 2.20. The van der Waals surface area contributed by atoms with Crippen molar-refractivity contribution in [1.82, 2.24) is 4.90 Å². The van der Waals surface area contributed by atoms with Crippen molar-refractivity contribution in [2.24, 2.45) is 46.3 Å². The van der Waals surface area contributed by atoms with E-state index in [1.165, 1.54) is 44.2 Å². The zero-order valence-electron chi connectivity index (χ0n) is 25.6. The summed E-state index contributed by atoms with van der Waals surface area (Å²) < 4.78 is 0. The number of carbonyl (C=O) groups is 1. The van der Waals surface area contributed by atoms with Gasteiger partial charge in [-0.05, 0) is 135 Å². The minimum absolute atomic E-state index is 0.311. The van der Waals surface area contributed by atoms with Crippen LogP contribution in [0.15, 0.2) is 24.3 Å². The number of nitrogens with zero attached hydrogens (tertiary/aromatic N) is 2. The monoisotopic (exact) mass is 550 g/mol. The molecule has 0 unspecified atom stereocenters. The van der Waals surface area contributed by atoms with E-state index >= 15 is 0 Å². The van der Waals surface area contributed by atoms with Crippen LogP contribution in [0.25, 0.3) is 0 Å². The van der Waals surface area contributed by atoms with Gasteiger partial charge in [0.2, 0.25) is 0 Å². The molecule has 6 rings (SSSR count). The number of carboxylic acids is 1. The van der Waals surface area contributed by atoms with E-state index in [0.717, 1.165) is 75.2 Å². The van der Waals surface area contributed by atoms with Crippen molar-refractivity contribution in [3.05, 3.63) is 29.8 Å². The van der Waals surface area contributed by atoms with Gasteiger partial charge in [-0.1, -0.05) is 32.9 Å². The maximum atomic E-state index is 12.0. The zero-order valence-corrected chi connectivity index (χ0v) is 25.6. The van der Waals surface area contributed by atoms with Crippen LogP contribution < -0.4 is 4.90 Å². The smallest absolute Gasteiger partial charge is 0.303 e. The summed E-state index contributed by atoms with van der Waals surface area (Å²) in [5.74, 6) is 3.51. The number of hydrogen-bond donors (Lipinski definition) is 2. The lowest BCUT2D eigenvalue weighted by Crippen LogP contribution is -2.55. The highest BCUT2D eigenvalue weighted by molar-refractivity contribution is 5.66. The highest BCUT2D eigenvalue weighted by Crippen LogP contribution is 2.69. The molecule has 0 amide bonds. The Kier molecular flexibility index (Phi) is 7.56. The van der Waals surface area contributed by atoms with Crippen molar-refractivity contribution in [2.75, 3.05) is 38.1 Å². The van der Waals surface area contributed by atoms with Gasteiger partial charge >= 0.3 is 5.97 Å². The molecule has 0 spiro atoms. The highest BCUT2D eigenvalue weighted by Gasteiger charge is 2.61. The lowest BCUT2D eigenvalue weighted by atomic mass is 9.43. The largest absolute Gasteiger partial charge is 0.481 e. The molecule has 0 aromatic heterocycles. The molecule has 1 aliphatic heterocycles. The van der Waals surface area contributed by atoms with E-state index in [2.05, 4.69) is 61.9 Å². The first kappa shape index (κ1) is 28.5. The Hall–Kier alpha value is -1.59. The first-order valence-corrected chi connectivity index (χ1v) is 16.5. The first-order chi connectivity index (χ1) is 19.0. The molecule has 0 bridgehead atoms. The van der Waals surface area contributed by atoms with Crippen molar-refractivity contribution in [2.45, 2.75) is 97.0 Å². The van der Waals surface area contributed by atoms with Gasteiger partial charge in [-0.15, -0.1) is 0 Å². The van der Waals surface area contributed by atoms with Crippen LogP contribution in [0.5, 0.6) is 0 Å².